The third kappa shape index (κ3) is 2.85. The molecular formula is C24H17NO5. The molecule has 0 N–H and O–H groups in total. The highest BCUT2D eigenvalue weighted by Gasteiger charge is 2.23. The van der Waals surface area contributed by atoms with Crippen LogP contribution in [0.1, 0.15) is 22.8 Å². The van der Waals surface area contributed by atoms with Crippen molar-refractivity contribution in [1.82, 2.24) is 4.98 Å². The van der Waals surface area contributed by atoms with E-state index in [-0.39, 0.29) is 17.7 Å². The van der Waals surface area contributed by atoms with Gasteiger partial charge in [0.05, 0.1) is 23.3 Å². The molecule has 148 valence electrons. The molecule has 2 aromatic carbocycles. The Morgan fingerprint density at radius 1 is 1.20 bits per heavy atom. The van der Waals surface area contributed by atoms with Gasteiger partial charge in [-0.3, -0.25) is 4.98 Å². The minimum atomic E-state index is -0.543. The van der Waals surface area contributed by atoms with Gasteiger partial charge in [0.15, 0.2) is 0 Å². The van der Waals surface area contributed by atoms with E-state index in [1.165, 1.54) is 6.20 Å². The van der Waals surface area contributed by atoms with Crippen molar-refractivity contribution in [3.63, 3.8) is 0 Å². The van der Waals surface area contributed by atoms with Crippen LogP contribution in [-0.4, -0.2) is 24.2 Å². The van der Waals surface area contributed by atoms with Crippen LogP contribution in [0.25, 0.3) is 39.1 Å². The van der Waals surface area contributed by atoms with Gasteiger partial charge in [-0.2, -0.15) is 0 Å². The number of carbonyl (C=O) groups is 1. The van der Waals surface area contributed by atoms with E-state index >= 15 is 0 Å². The average molecular weight is 399 g/mol. The Balaban J connectivity index is 1.88. The van der Waals surface area contributed by atoms with Gasteiger partial charge in [-0.15, -0.1) is 0 Å². The topological polar surface area (TPSA) is 78.6 Å². The molecule has 0 fully saturated rings. The number of hydrogen-bond donors (Lipinski definition) is 0. The standard InChI is InChI=1S/C24H17NO5/c1-2-28-23(26)18-13-25-22-15-7-5-11-29-20(15)10-9-16(22)21(18)17-12-14-6-3-4-8-19(14)30-24(17)27/h3-10,12-13H,2,11H2,1H3. The van der Waals surface area contributed by atoms with E-state index in [4.69, 9.17) is 13.9 Å². The largest absolute Gasteiger partial charge is 0.489 e. The number of esters is 1. The quantitative estimate of drug-likeness (QED) is 0.370. The average Bonchev–Trinajstić information content (AvgIpc) is 2.78. The molecule has 5 rings (SSSR count). The molecule has 30 heavy (non-hydrogen) atoms. The van der Waals surface area contributed by atoms with Gasteiger partial charge < -0.3 is 13.9 Å². The molecule has 0 radical (unpaired) electrons. The summed E-state index contributed by atoms with van der Waals surface area (Å²) in [6.07, 6.45) is 5.28. The third-order valence-corrected chi connectivity index (χ3v) is 5.06. The SMILES string of the molecule is CCOC(=O)c1cnc2c3c(ccc2c1-c1cc2ccccc2oc1=O)OCC=C3. The van der Waals surface area contributed by atoms with Crippen LogP contribution in [0.15, 0.2) is 63.9 Å². The number of hydrogen-bond acceptors (Lipinski definition) is 6. The normalized spacial score (nSPS) is 12.6. The Kier molecular flexibility index (Phi) is 4.32. The maximum absolute atomic E-state index is 12.9. The predicted octanol–water partition coefficient (Wildman–Crippen LogP) is 4.59. The molecular weight excluding hydrogens is 382 g/mol. The van der Waals surface area contributed by atoms with Crippen LogP contribution in [0.4, 0.5) is 0 Å². The van der Waals surface area contributed by atoms with Crippen molar-refractivity contribution in [3.8, 4) is 16.9 Å². The molecule has 2 aromatic heterocycles. The summed E-state index contributed by atoms with van der Waals surface area (Å²) in [5, 5.41) is 1.41. The minimum Gasteiger partial charge on any atom is -0.489 e. The molecule has 4 aromatic rings. The summed E-state index contributed by atoms with van der Waals surface area (Å²) in [6.45, 7) is 2.43. The van der Waals surface area contributed by atoms with E-state index in [9.17, 15) is 9.59 Å². The highest BCUT2D eigenvalue weighted by molar-refractivity contribution is 6.09. The number of ether oxygens (including phenoxy) is 2. The van der Waals surface area contributed by atoms with Crippen LogP contribution in [-0.2, 0) is 4.74 Å². The zero-order valence-corrected chi connectivity index (χ0v) is 16.2. The summed E-state index contributed by atoms with van der Waals surface area (Å²) in [7, 11) is 0. The van der Waals surface area contributed by atoms with Crippen molar-refractivity contribution in [2.45, 2.75) is 6.92 Å². The van der Waals surface area contributed by atoms with E-state index in [1.807, 2.05) is 36.4 Å². The molecule has 1 aliphatic heterocycles. The smallest absolute Gasteiger partial charge is 0.344 e. The van der Waals surface area contributed by atoms with Crippen molar-refractivity contribution < 1.29 is 18.7 Å². The fourth-order valence-electron chi connectivity index (χ4n) is 3.75. The molecule has 6 nitrogen and oxygen atoms in total. The highest BCUT2D eigenvalue weighted by atomic mass is 16.5. The van der Waals surface area contributed by atoms with Crippen molar-refractivity contribution in [1.29, 1.82) is 0 Å². The van der Waals surface area contributed by atoms with Crippen LogP contribution < -0.4 is 10.4 Å². The Morgan fingerprint density at radius 3 is 2.93 bits per heavy atom. The lowest BCUT2D eigenvalue weighted by Gasteiger charge is -2.17. The van der Waals surface area contributed by atoms with Gasteiger partial charge in [0, 0.05) is 28.1 Å². The molecule has 3 heterocycles. The van der Waals surface area contributed by atoms with E-state index in [0.717, 1.165) is 10.9 Å². The second-order valence-electron chi connectivity index (χ2n) is 6.84. The number of fused-ring (bicyclic) bond motifs is 4. The molecule has 0 atom stereocenters. The monoisotopic (exact) mass is 399 g/mol. The van der Waals surface area contributed by atoms with Crippen LogP contribution >= 0.6 is 0 Å². The minimum absolute atomic E-state index is 0.212. The second-order valence-corrected chi connectivity index (χ2v) is 6.84. The molecule has 0 spiro atoms. The summed E-state index contributed by atoms with van der Waals surface area (Å²) in [6, 6.07) is 12.6. The number of aromatic nitrogens is 1. The van der Waals surface area contributed by atoms with Gasteiger partial charge in [0.25, 0.3) is 0 Å². The number of carbonyl (C=O) groups excluding carboxylic acids is 1. The summed E-state index contributed by atoms with van der Waals surface area (Å²) >= 11 is 0. The zero-order valence-electron chi connectivity index (χ0n) is 16.2. The third-order valence-electron chi connectivity index (χ3n) is 5.06. The first-order valence-corrected chi connectivity index (χ1v) is 9.63. The maximum Gasteiger partial charge on any atom is 0.344 e. The second kappa shape index (κ2) is 7.15. The molecule has 0 bridgehead atoms. The lowest BCUT2D eigenvalue weighted by molar-refractivity contribution is 0.0527. The van der Waals surface area contributed by atoms with Crippen molar-refractivity contribution in [2.24, 2.45) is 0 Å². The van der Waals surface area contributed by atoms with Crippen molar-refractivity contribution in [3.05, 3.63) is 76.3 Å². The van der Waals surface area contributed by atoms with Gasteiger partial charge in [-0.05, 0) is 43.3 Å². The van der Waals surface area contributed by atoms with Crippen LogP contribution in [0.5, 0.6) is 5.75 Å². The molecule has 1 aliphatic rings. The molecule has 6 heteroatoms. The Bertz CT molecular complexity index is 1400. The van der Waals surface area contributed by atoms with Gasteiger partial charge >= 0.3 is 11.6 Å². The van der Waals surface area contributed by atoms with Crippen LogP contribution in [0.3, 0.4) is 0 Å². The van der Waals surface area contributed by atoms with E-state index in [1.54, 1.807) is 25.1 Å². The Hall–Kier alpha value is -3.93. The summed E-state index contributed by atoms with van der Waals surface area (Å²) in [5.41, 5.74) is 2.34. The molecule has 0 unspecified atom stereocenters. The molecule has 0 aliphatic carbocycles. The molecule has 0 saturated carbocycles. The lowest BCUT2D eigenvalue weighted by atomic mass is 9.94. The molecule has 0 saturated heterocycles. The first-order chi connectivity index (χ1) is 14.7. The highest BCUT2D eigenvalue weighted by Crippen LogP contribution is 2.37. The predicted molar refractivity (Wildman–Crippen MR) is 114 cm³/mol. The number of para-hydroxylation sites is 1. The fraction of sp³-hybridized carbons (Fsp3) is 0.125. The first-order valence-electron chi connectivity index (χ1n) is 9.63. The Labute approximate surface area is 171 Å². The van der Waals surface area contributed by atoms with Gasteiger partial charge in [0.1, 0.15) is 17.9 Å². The van der Waals surface area contributed by atoms with E-state index in [2.05, 4.69) is 4.98 Å². The molecule has 0 amide bonds. The summed E-state index contributed by atoms with van der Waals surface area (Å²) in [4.78, 5) is 30.1. The number of benzene rings is 2. The van der Waals surface area contributed by atoms with Crippen molar-refractivity contribution >= 4 is 33.9 Å². The van der Waals surface area contributed by atoms with Crippen molar-refractivity contribution in [2.75, 3.05) is 13.2 Å². The number of rotatable bonds is 3. The maximum atomic E-state index is 12.9. The lowest BCUT2D eigenvalue weighted by Crippen LogP contribution is -2.12. The van der Waals surface area contributed by atoms with Gasteiger partial charge in [-0.25, -0.2) is 9.59 Å². The summed E-state index contributed by atoms with van der Waals surface area (Å²) in [5.74, 6) is 0.164. The fourth-order valence-corrected chi connectivity index (χ4v) is 3.75. The zero-order chi connectivity index (χ0) is 20.7. The van der Waals surface area contributed by atoms with E-state index in [0.29, 0.717) is 34.4 Å². The van der Waals surface area contributed by atoms with Crippen LogP contribution in [0, 0.1) is 0 Å². The first kappa shape index (κ1) is 18.1. The Morgan fingerprint density at radius 2 is 2.07 bits per heavy atom. The number of pyridine rings is 1. The van der Waals surface area contributed by atoms with E-state index < -0.39 is 11.6 Å². The van der Waals surface area contributed by atoms with Gasteiger partial charge in [0.2, 0.25) is 0 Å². The number of nitrogens with zero attached hydrogens (tertiary/aromatic N) is 1. The van der Waals surface area contributed by atoms with Crippen LogP contribution in [0.2, 0.25) is 0 Å². The van der Waals surface area contributed by atoms with Gasteiger partial charge in [-0.1, -0.05) is 18.2 Å². The summed E-state index contributed by atoms with van der Waals surface area (Å²) < 4.78 is 16.4.